The number of aliphatic carboxylic acids is 1. The maximum absolute atomic E-state index is 14.4. The van der Waals surface area contributed by atoms with E-state index in [2.05, 4.69) is 52.2 Å². The number of guanidine groups is 1. The molecule has 0 aliphatic carbocycles. The highest BCUT2D eigenvalue weighted by molar-refractivity contribution is 5.97. The largest absolute Gasteiger partial charge is 0.508 e. The Labute approximate surface area is 391 Å². The molecule has 372 valence electrons. The zero-order chi connectivity index (χ0) is 50.4. The van der Waals surface area contributed by atoms with Gasteiger partial charge in [0, 0.05) is 38.3 Å². The fourth-order valence-corrected chi connectivity index (χ4v) is 6.80. The first-order chi connectivity index (χ1) is 31.6. The van der Waals surface area contributed by atoms with Crippen LogP contribution in [0.15, 0.2) is 41.8 Å². The molecule has 1 heterocycles. The molecular formula is C44H71N13O10. The Hall–Kier alpha value is -6.78. The maximum Gasteiger partial charge on any atom is 0.326 e. The van der Waals surface area contributed by atoms with E-state index < -0.39 is 108 Å². The van der Waals surface area contributed by atoms with Crippen molar-refractivity contribution in [2.45, 2.75) is 116 Å². The lowest BCUT2D eigenvalue weighted by molar-refractivity contribution is -0.144. The number of H-pyrrole nitrogens is 1. The number of carboxylic acids is 1. The van der Waals surface area contributed by atoms with Crippen LogP contribution in [0.1, 0.15) is 78.5 Å². The van der Waals surface area contributed by atoms with Gasteiger partial charge in [-0.2, -0.15) is 0 Å². The van der Waals surface area contributed by atoms with Gasteiger partial charge in [0.15, 0.2) is 5.96 Å². The number of nitrogens with two attached hydrogens (primary N) is 2. The molecule has 0 bridgehead atoms. The van der Waals surface area contributed by atoms with Crippen LogP contribution in [0.25, 0.3) is 0 Å². The second kappa shape index (κ2) is 28.3. The third kappa shape index (κ3) is 19.3. The van der Waals surface area contributed by atoms with Crippen molar-refractivity contribution < 1.29 is 48.6 Å². The number of phenolic OH excluding ortho intramolecular Hbond substituents is 1. The molecule has 0 saturated heterocycles. The Kier molecular flexibility index (Phi) is 23.8. The highest BCUT2D eigenvalue weighted by atomic mass is 16.4. The summed E-state index contributed by atoms with van der Waals surface area (Å²) < 4.78 is 0. The molecule has 14 N–H and O–H groups in total. The lowest BCUT2D eigenvalue weighted by Gasteiger charge is -2.30. The van der Waals surface area contributed by atoms with Crippen molar-refractivity contribution in [3.63, 3.8) is 0 Å². The first-order valence-electron chi connectivity index (χ1n) is 22.3. The highest BCUT2D eigenvalue weighted by Gasteiger charge is 2.36. The minimum Gasteiger partial charge on any atom is -0.508 e. The number of hydrogen-bond acceptors (Lipinski definition) is 12. The molecule has 0 radical (unpaired) electrons. The van der Waals surface area contributed by atoms with E-state index >= 15 is 0 Å². The van der Waals surface area contributed by atoms with E-state index in [9.17, 15) is 48.6 Å². The van der Waals surface area contributed by atoms with E-state index in [4.69, 9.17) is 11.5 Å². The Bertz CT molecular complexity index is 1980. The number of phenols is 1. The SMILES string of the molecule is CC[C@H](C)[C@H](NC(=O)CN(C)C(=O)[C@H](Cc1cnc[nH]1)NC(=O)[C@@H](NC(=O)[C@H](Cc1ccc(O)cc1)NC(=O)[C@@H](NC(=O)[C@H](CCCN=C(N)N)NC(=O)CNC)C(C)C)[C@@H](C)CC)C(=O)O. The summed E-state index contributed by atoms with van der Waals surface area (Å²) >= 11 is 0. The maximum atomic E-state index is 14.4. The second-order valence-corrected chi connectivity index (χ2v) is 16.9. The van der Waals surface area contributed by atoms with Crippen LogP contribution in [0.3, 0.4) is 0 Å². The van der Waals surface area contributed by atoms with Crippen LogP contribution in [0.2, 0.25) is 0 Å². The van der Waals surface area contributed by atoms with Crippen molar-refractivity contribution in [1.29, 1.82) is 0 Å². The zero-order valence-electron chi connectivity index (χ0n) is 39.7. The van der Waals surface area contributed by atoms with Crippen LogP contribution < -0.4 is 48.7 Å². The average Bonchev–Trinajstić information content (AvgIpc) is 3.79. The van der Waals surface area contributed by atoms with Crippen LogP contribution >= 0.6 is 0 Å². The fourth-order valence-electron chi connectivity index (χ4n) is 6.80. The van der Waals surface area contributed by atoms with Gasteiger partial charge in [0.25, 0.3) is 0 Å². The molecule has 0 aliphatic rings. The van der Waals surface area contributed by atoms with E-state index in [0.29, 0.717) is 30.5 Å². The van der Waals surface area contributed by atoms with Crippen LogP contribution in [0.5, 0.6) is 5.75 Å². The number of aromatic hydroxyl groups is 1. The third-order valence-corrected chi connectivity index (χ3v) is 11.1. The first-order valence-corrected chi connectivity index (χ1v) is 22.3. The molecule has 1 aromatic carbocycles. The highest BCUT2D eigenvalue weighted by Crippen LogP contribution is 2.15. The predicted octanol–water partition coefficient (Wildman–Crippen LogP) is -1.63. The topological polar surface area (TPSA) is 358 Å². The third-order valence-electron chi connectivity index (χ3n) is 11.1. The number of carboxylic acid groups (broad SMARTS) is 1. The number of nitrogens with one attached hydrogen (secondary N) is 8. The Morgan fingerprint density at radius 1 is 0.746 bits per heavy atom. The molecule has 7 amide bonds. The van der Waals surface area contributed by atoms with Gasteiger partial charge in [-0.25, -0.2) is 9.78 Å². The van der Waals surface area contributed by atoms with Gasteiger partial charge in [-0.1, -0.05) is 66.5 Å². The predicted molar refractivity (Wildman–Crippen MR) is 249 cm³/mol. The number of aromatic nitrogens is 2. The van der Waals surface area contributed by atoms with Gasteiger partial charge in [-0.3, -0.25) is 38.6 Å². The number of amides is 7. The van der Waals surface area contributed by atoms with Crippen molar-refractivity contribution in [2.75, 3.05) is 33.7 Å². The number of carbonyl (C=O) groups is 8. The standard InChI is InChI=1S/C44H71N13O10/c1-9-25(5)36(41(64)53-32(19-28-20-48-23-50-28)42(65)57(8)22-34(60)54-37(43(66)67)26(6)10-2)56-39(62)31(18-27-13-15-29(58)16-14-27)52-40(63)35(24(3)4)55-38(61)30(51-33(59)21-47-7)12-11-17-49-44(45)46/h13-16,20,23-26,30-32,35-37,47,58H,9-12,17-19,21-22H2,1-8H3,(H,48,50)(H,51,59)(H,52,63)(H,53,64)(H,54,60)(H,55,61)(H,56,62)(H,66,67)(H4,45,46,49)/t25-,26-,30-,31-,32-,35-,36-,37-/m0/s1. The van der Waals surface area contributed by atoms with Crippen molar-refractivity contribution in [3.8, 4) is 5.75 Å². The molecular weight excluding hydrogens is 871 g/mol. The smallest absolute Gasteiger partial charge is 0.326 e. The van der Waals surface area contributed by atoms with Gasteiger partial charge in [-0.15, -0.1) is 0 Å². The molecule has 8 atom stereocenters. The van der Waals surface area contributed by atoms with Crippen LogP contribution in [-0.4, -0.2) is 148 Å². The van der Waals surface area contributed by atoms with Gasteiger partial charge in [-0.05, 0) is 55.3 Å². The minimum atomic E-state index is -1.35. The molecule has 0 fully saturated rings. The summed E-state index contributed by atoms with van der Waals surface area (Å²) in [7, 11) is 2.90. The molecule has 0 saturated carbocycles. The molecule has 0 unspecified atom stereocenters. The average molecular weight is 942 g/mol. The van der Waals surface area contributed by atoms with Crippen molar-refractivity contribution in [2.24, 2.45) is 34.2 Å². The van der Waals surface area contributed by atoms with Crippen LogP contribution in [0, 0.1) is 17.8 Å². The van der Waals surface area contributed by atoms with Gasteiger partial charge < -0.3 is 68.8 Å². The Balaban J connectivity index is 2.44. The molecule has 1 aromatic heterocycles. The van der Waals surface area contributed by atoms with Gasteiger partial charge >= 0.3 is 5.97 Å². The van der Waals surface area contributed by atoms with Crippen molar-refractivity contribution >= 4 is 53.3 Å². The number of benzene rings is 1. The normalized spacial score (nSPS) is 14.6. The van der Waals surface area contributed by atoms with E-state index in [-0.39, 0.29) is 44.1 Å². The Morgan fingerprint density at radius 3 is 1.88 bits per heavy atom. The van der Waals surface area contributed by atoms with Gasteiger partial charge in [0.05, 0.1) is 19.4 Å². The molecule has 23 heteroatoms. The number of rotatable bonds is 29. The van der Waals surface area contributed by atoms with E-state index in [1.165, 1.54) is 31.7 Å². The molecule has 67 heavy (non-hydrogen) atoms. The fraction of sp³-hybridized carbons (Fsp3) is 0.591. The lowest BCUT2D eigenvalue weighted by atomic mass is 9.96. The Morgan fingerprint density at radius 2 is 1.33 bits per heavy atom. The summed E-state index contributed by atoms with van der Waals surface area (Å²) in [5, 5.41) is 38.4. The molecule has 2 aromatic rings. The number of hydrogen-bond donors (Lipinski definition) is 12. The summed E-state index contributed by atoms with van der Waals surface area (Å²) in [6.45, 7) is 9.90. The van der Waals surface area contributed by atoms with Crippen LogP contribution in [-0.2, 0) is 51.2 Å². The minimum absolute atomic E-state index is 0.0411. The summed E-state index contributed by atoms with van der Waals surface area (Å²) in [6.07, 6.45) is 3.92. The summed E-state index contributed by atoms with van der Waals surface area (Å²) in [6, 6.07) is -1.47. The number of likely N-dealkylation sites (N-methyl/N-ethyl adjacent to an activating group) is 2. The first kappa shape index (κ1) is 56.3. The quantitative estimate of drug-likeness (QED) is 0.0248. The number of imidazole rings is 1. The monoisotopic (exact) mass is 942 g/mol. The summed E-state index contributed by atoms with van der Waals surface area (Å²) in [5.41, 5.74) is 11.8. The van der Waals surface area contributed by atoms with Crippen molar-refractivity contribution in [3.05, 3.63) is 48.0 Å². The van der Waals surface area contributed by atoms with Crippen molar-refractivity contribution in [1.82, 2.24) is 52.1 Å². The second-order valence-electron chi connectivity index (χ2n) is 16.9. The van der Waals surface area contributed by atoms with E-state index in [1.807, 2.05) is 0 Å². The number of aromatic amines is 1. The molecule has 23 nitrogen and oxygen atoms in total. The number of nitrogens with zero attached hydrogens (tertiary/aromatic N) is 3. The number of carbonyl (C=O) groups excluding carboxylic acids is 7. The number of aliphatic imine (C=N–C) groups is 1. The summed E-state index contributed by atoms with van der Waals surface area (Å²) in [4.78, 5) is 120. The van der Waals surface area contributed by atoms with E-state index in [0.717, 1.165) is 4.90 Å². The van der Waals surface area contributed by atoms with Gasteiger partial charge in [0.1, 0.15) is 42.0 Å². The van der Waals surface area contributed by atoms with Gasteiger partial charge in [0.2, 0.25) is 41.4 Å². The molecule has 0 spiro atoms. The molecule has 0 aliphatic heterocycles. The zero-order valence-corrected chi connectivity index (χ0v) is 39.7. The molecule has 2 rings (SSSR count). The summed E-state index contributed by atoms with van der Waals surface area (Å²) in [5.74, 6) is -7.70. The van der Waals surface area contributed by atoms with Crippen LogP contribution in [0.4, 0.5) is 0 Å². The lowest BCUT2D eigenvalue weighted by Crippen LogP contribution is -2.61. The van der Waals surface area contributed by atoms with E-state index in [1.54, 1.807) is 60.7 Å².